The fourth-order valence-corrected chi connectivity index (χ4v) is 1.99. The highest BCUT2D eigenvalue weighted by Crippen LogP contribution is 2.58. The maximum Gasteiger partial charge on any atom is 0.392 e. The zero-order valence-corrected chi connectivity index (χ0v) is 11.8. The first-order chi connectivity index (χ1) is 11.0. The van der Waals surface area contributed by atoms with Crippen LogP contribution in [0.1, 0.15) is 12.8 Å². The number of amides is 1. The Morgan fingerprint density at radius 3 is 1.48 bits per heavy atom. The van der Waals surface area contributed by atoms with Crippen LogP contribution in [0.15, 0.2) is 0 Å². The molecule has 0 saturated carbocycles. The van der Waals surface area contributed by atoms with E-state index in [0.717, 1.165) is 0 Å². The van der Waals surface area contributed by atoms with Crippen LogP contribution in [0.4, 0.5) is 52.7 Å². The molecule has 25 heavy (non-hydrogen) atoms. The van der Waals surface area contributed by atoms with Gasteiger partial charge in [-0.3, -0.25) is 4.79 Å². The Labute approximate surface area is 131 Å². The van der Waals surface area contributed by atoms with Crippen molar-refractivity contribution in [2.24, 2.45) is 0 Å². The van der Waals surface area contributed by atoms with E-state index in [-0.39, 0.29) is 17.7 Å². The van der Waals surface area contributed by atoms with Crippen molar-refractivity contribution in [2.75, 3.05) is 13.1 Å². The summed E-state index contributed by atoms with van der Waals surface area (Å²) in [5, 5.41) is 0. The average molecular weight is 399 g/mol. The Bertz CT molecular complexity index is 511. The molecule has 0 spiro atoms. The first-order valence-corrected chi connectivity index (χ1v) is 6.43. The van der Waals surface area contributed by atoms with E-state index in [1.165, 1.54) is 0 Å². The lowest BCUT2D eigenvalue weighted by atomic mass is 9.94. The maximum atomic E-state index is 13.5. The van der Waals surface area contributed by atoms with Gasteiger partial charge in [0.2, 0.25) is 0 Å². The summed E-state index contributed by atoms with van der Waals surface area (Å²) in [6.07, 6.45) is -5.53. The van der Waals surface area contributed by atoms with Gasteiger partial charge in [0.15, 0.2) is 0 Å². The van der Waals surface area contributed by atoms with Crippen LogP contribution in [0.25, 0.3) is 0 Å². The average Bonchev–Trinajstić information content (AvgIpc) is 2.99. The molecular formula is C11H9F12NO. The molecular weight excluding hydrogens is 390 g/mol. The summed E-state index contributed by atoms with van der Waals surface area (Å²) < 4.78 is 155. The molecule has 0 bridgehead atoms. The van der Waals surface area contributed by atoms with E-state index in [4.69, 9.17) is 0 Å². The molecule has 1 aliphatic heterocycles. The Morgan fingerprint density at radius 2 is 1.12 bits per heavy atom. The normalized spacial score (nSPS) is 18.2. The van der Waals surface area contributed by atoms with Gasteiger partial charge in [-0.15, -0.1) is 0 Å². The van der Waals surface area contributed by atoms with E-state index in [1.807, 2.05) is 0 Å². The van der Waals surface area contributed by atoms with Crippen LogP contribution < -0.4 is 0 Å². The third kappa shape index (κ3) is 2.90. The number of likely N-dealkylation sites (tertiary alicyclic amines) is 1. The number of carbonyl (C=O) groups is 1. The standard InChI is InChI=1S/C11H9F12NO/c12-5(13)7(14,15)9(18,19)11(22,23)10(20,21)8(16,17)6(25)24-3-1-2-4-24/h5H,1-4H2. The summed E-state index contributed by atoms with van der Waals surface area (Å²) in [4.78, 5) is 11.2. The van der Waals surface area contributed by atoms with Crippen molar-refractivity contribution in [2.45, 2.75) is 48.9 Å². The van der Waals surface area contributed by atoms with Crippen molar-refractivity contribution >= 4 is 5.91 Å². The van der Waals surface area contributed by atoms with E-state index in [9.17, 15) is 57.5 Å². The van der Waals surface area contributed by atoms with Crippen LogP contribution >= 0.6 is 0 Å². The predicted molar refractivity (Wildman–Crippen MR) is 56.6 cm³/mol. The second-order valence-corrected chi connectivity index (χ2v) is 5.22. The van der Waals surface area contributed by atoms with Gasteiger partial charge in [-0.1, -0.05) is 0 Å². The third-order valence-electron chi connectivity index (χ3n) is 3.54. The quantitative estimate of drug-likeness (QED) is 0.618. The molecule has 0 aliphatic carbocycles. The molecule has 0 N–H and O–H groups in total. The van der Waals surface area contributed by atoms with Gasteiger partial charge in [-0.25, -0.2) is 8.78 Å². The molecule has 1 fully saturated rings. The molecule has 0 aromatic carbocycles. The van der Waals surface area contributed by atoms with Gasteiger partial charge in [0.05, 0.1) is 0 Å². The van der Waals surface area contributed by atoms with Crippen LogP contribution in [0.3, 0.4) is 0 Å². The molecule has 0 radical (unpaired) electrons. The van der Waals surface area contributed by atoms with E-state index < -0.39 is 55.0 Å². The van der Waals surface area contributed by atoms with Crippen molar-refractivity contribution in [3.05, 3.63) is 0 Å². The molecule has 1 amide bonds. The molecule has 1 heterocycles. The third-order valence-corrected chi connectivity index (χ3v) is 3.54. The first kappa shape index (κ1) is 21.7. The highest BCUT2D eigenvalue weighted by molar-refractivity contribution is 5.85. The minimum Gasteiger partial charge on any atom is -0.337 e. The topological polar surface area (TPSA) is 20.3 Å². The van der Waals surface area contributed by atoms with Gasteiger partial charge in [-0.05, 0) is 12.8 Å². The lowest BCUT2D eigenvalue weighted by Gasteiger charge is -2.39. The van der Waals surface area contributed by atoms with Gasteiger partial charge in [0.1, 0.15) is 0 Å². The SMILES string of the molecule is O=C(N1CCCC1)C(F)(F)C(F)(F)C(F)(F)C(F)(F)C(F)(F)C(F)F. The van der Waals surface area contributed by atoms with Crippen LogP contribution in [0.5, 0.6) is 0 Å². The summed E-state index contributed by atoms with van der Waals surface area (Å²) in [5.41, 5.74) is 0. The summed E-state index contributed by atoms with van der Waals surface area (Å²) in [7, 11) is 0. The second kappa shape index (κ2) is 6.11. The number of nitrogens with zero attached hydrogens (tertiary/aromatic N) is 1. The van der Waals surface area contributed by atoms with Gasteiger partial charge in [-0.2, -0.15) is 43.9 Å². The van der Waals surface area contributed by atoms with E-state index in [2.05, 4.69) is 0 Å². The van der Waals surface area contributed by atoms with Gasteiger partial charge in [0, 0.05) is 13.1 Å². The van der Waals surface area contributed by atoms with E-state index in [0.29, 0.717) is 0 Å². The fraction of sp³-hybridized carbons (Fsp3) is 0.909. The van der Waals surface area contributed by atoms with Crippen molar-refractivity contribution < 1.29 is 57.5 Å². The predicted octanol–water partition coefficient (Wildman–Crippen LogP) is 4.05. The smallest absolute Gasteiger partial charge is 0.337 e. The first-order valence-electron chi connectivity index (χ1n) is 6.43. The van der Waals surface area contributed by atoms with Crippen LogP contribution in [0, 0.1) is 0 Å². The molecule has 0 unspecified atom stereocenters. The molecule has 1 saturated heterocycles. The number of hydrogen-bond acceptors (Lipinski definition) is 1. The number of halogens is 12. The molecule has 0 aromatic heterocycles. The number of hydrogen-bond donors (Lipinski definition) is 0. The number of alkyl halides is 12. The Hall–Kier alpha value is -1.37. The lowest BCUT2D eigenvalue weighted by Crippen LogP contribution is -2.70. The Kier molecular flexibility index (Phi) is 5.30. The second-order valence-electron chi connectivity index (χ2n) is 5.22. The highest BCUT2D eigenvalue weighted by atomic mass is 19.4. The minimum atomic E-state index is -7.67. The summed E-state index contributed by atoms with van der Waals surface area (Å²) in [6, 6.07) is 0. The Balaban J connectivity index is 3.35. The molecule has 148 valence electrons. The summed E-state index contributed by atoms with van der Waals surface area (Å²) in [5.74, 6) is -39.2. The van der Waals surface area contributed by atoms with Gasteiger partial charge >= 0.3 is 36.0 Å². The van der Waals surface area contributed by atoms with E-state index >= 15 is 0 Å². The molecule has 1 aliphatic rings. The summed E-state index contributed by atoms with van der Waals surface area (Å²) in [6.45, 7) is -1.17. The zero-order chi connectivity index (χ0) is 20.1. The van der Waals surface area contributed by atoms with Crippen molar-refractivity contribution in [1.82, 2.24) is 4.90 Å². The number of carbonyl (C=O) groups excluding carboxylic acids is 1. The minimum absolute atomic E-state index is 0.0173. The molecule has 1 rings (SSSR count). The van der Waals surface area contributed by atoms with Crippen LogP contribution in [0.2, 0.25) is 0 Å². The summed E-state index contributed by atoms with van der Waals surface area (Å²) >= 11 is 0. The number of rotatable bonds is 6. The van der Waals surface area contributed by atoms with Crippen molar-refractivity contribution in [3.63, 3.8) is 0 Å². The van der Waals surface area contributed by atoms with Crippen molar-refractivity contribution in [1.29, 1.82) is 0 Å². The van der Waals surface area contributed by atoms with Gasteiger partial charge < -0.3 is 4.90 Å². The Morgan fingerprint density at radius 1 is 0.720 bits per heavy atom. The molecule has 2 nitrogen and oxygen atoms in total. The van der Waals surface area contributed by atoms with E-state index in [1.54, 1.807) is 0 Å². The largest absolute Gasteiger partial charge is 0.392 e. The monoisotopic (exact) mass is 399 g/mol. The van der Waals surface area contributed by atoms with Crippen LogP contribution in [-0.4, -0.2) is 59.9 Å². The van der Waals surface area contributed by atoms with Crippen LogP contribution in [-0.2, 0) is 4.79 Å². The fourth-order valence-electron chi connectivity index (χ4n) is 1.99. The highest BCUT2D eigenvalue weighted by Gasteiger charge is 2.89. The van der Waals surface area contributed by atoms with Crippen molar-refractivity contribution in [3.8, 4) is 0 Å². The molecule has 0 atom stereocenters. The molecule has 14 heteroatoms. The van der Waals surface area contributed by atoms with Gasteiger partial charge in [0.25, 0.3) is 5.91 Å². The molecule has 0 aromatic rings. The zero-order valence-electron chi connectivity index (χ0n) is 11.8. The maximum absolute atomic E-state index is 13.5. The lowest BCUT2D eigenvalue weighted by molar-refractivity contribution is -0.407.